The number of aromatic nitrogens is 3. The molecule has 0 bridgehead atoms. The standard InChI is InChI=1S/C11H13N3O3S2/c1-3-4-8-13-7(14-17-8)5-18-11-12-6(2)9(19-11)10(15)16/h3-5H2,1-2H3,(H,15,16). The van der Waals surface area contributed by atoms with E-state index in [-0.39, 0.29) is 4.88 Å². The Morgan fingerprint density at radius 1 is 1.47 bits per heavy atom. The molecular weight excluding hydrogens is 286 g/mol. The number of carboxylic acids is 1. The highest BCUT2D eigenvalue weighted by Crippen LogP contribution is 2.29. The largest absolute Gasteiger partial charge is 0.477 e. The average Bonchev–Trinajstić information content (AvgIpc) is 2.94. The maximum Gasteiger partial charge on any atom is 0.347 e. The van der Waals surface area contributed by atoms with Crippen molar-refractivity contribution in [1.29, 1.82) is 0 Å². The average molecular weight is 299 g/mol. The van der Waals surface area contributed by atoms with Crippen LogP contribution in [0, 0.1) is 6.92 Å². The molecule has 0 atom stereocenters. The van der Waals surface area contributed by atoms with Gasteiger partial charge in [-0.1, -0.05) is 23.8 Å². The summed E-state index contributed by atoms with van der Waals surface area (Å²) in [7, 11) is 0. The van der Waals surface area contributed by atoms with Crippen LogP contribution in [0.15, 0.2) is 8.86 Å². The van der Waals surface area contributed by atoms with Crippen LogP contribution in [-0.4, -0.2) is 26.2 Å². The molecule has 0 aliphatic carbocycles. The molecule has 2 aromatic rings. The lowest BCUT2D eigenvalue weighted by Gasteiger charge is -1.90. The van der Waals surface area contributed by atoms with Gasteiger partial charge in [-0.2, -0.15) is 4.98 Å². The number of rotatable bonds is 6. The molecule has 0 aliphatic rings. The van der Waals surface area contributed by atoms with E-state index < -0.39 is 5.97 Å². The lowest BCUT2D eigenvalue weighted by atomic mass is 10.3. The molecule has 19 heavy (non-hydrogen) atoms. The number of thiazole rings is 1. The van der Waals surface area contributed by atoms with E-state index >= 15 is 0 Å². The molecule has 0 aromatic carbocycles. The number of hydrogen-bond donors (Lipinski definition) is 1. The molecular formula is C11H13N3O3S2. The summed E-state index contributed by atoms with van der Waals surface area (Å²) in [5.41, 5.74) is 0.541. The second-order valence-corrected chi connectivity index (χ2v) is 6.06. The van der Waals surface area contributed by atoms with Crippen molar-refractivity contribution in [2.24, 2.45) is 0 Å². The van der Waals surface area contributed by atoms with Gasteiger partial charge in [0.1, 0.15) is 4.88 Å². The first kappa shape index (κ1) is 14.0. The van der Waals surface area contributed by atoms with Crippen molar-refractivity contribution in [3.05, 3.63) is 22.3 Å². The zero-order valence-electron chi connectivity index (χ0n) is 10.5. The van der Waals surface area contributed by atoms with Crippen molar-refractivity contribution in [3.8, 4) is 0 Å². The smallest absolute Gasteiger partial charge is 0.347 e. The molecule has 102 valence electrons. The van der Waals surface area contributed by atoms with E-state index in [0.717, 1.165) is 12.8 Å². The van der Waals surface area contributed by atoms with Crippen LogP contribution >= 0.6 is 23.1 Å². The van der Waals surface area contributed by atoms with Gasteiger partial charge in [-0.3, -0.25) is 0 Å². The van der Waals surface area contributed by atoms with Crippen LogP contribution in [0.5, 0.6) is 0 Å². The third-order valence-corrected chi connectivity index (χ3v) is 4.55. The molecule has 0 spiro atoms. The number of aryl methyl sites for hydroxylation is 2. The Hall–Kier alpha value is -1.41. The van der Waals surface area contributed by atoms with E-state index in [4.69, 9.17) is 9.63 Å². The quantitative estimate of drug-likeness (QED) is 0.820. The third kappa shape index (κ3) is 3.54. The number of thioether (sulfide) groups is 1. The minimum absolute atomic E-state index is 0.280. The third-order valence-electron chi connectivity index (χ3n) is 2.27. The second-order valence-electron chi connectivity index (χ2n) is 3.84. The molecule has 6 nitrogen and oxygen atoms in total. The Morgan fingerprint density at radius 2 is 2.26 bits per heavy atom. The van der Waals surface area contributed by atoms with Crippen LogP contribution in [0.4, 0.5) is 0 Å². The molecule has 0 aliphatic heterocycles. The van der Waals surface area contributed by atoms with E-state index in [1.165, 1.54) is 23.1 Å². The highest BCUT2D eigenvalue weighted by Gasteiger charge is 2.15. The Morgan fingerprint density at radius 3 is 2.89 bits per heavy atom. The molecule has 0 amide bonds. The van der Waals surface area contributed by atoms with Crippen molar-refractivity contribution < 1.29 is 14.4 Å². The molecule has 8 heteroatoms. The van der Waals surface area contributed by atoms with Crippen LogP contribution in [-0.2, 0) is 12.2 Å². The van der Waals surface area contributed by atoms with Gasteiger partial charge in [0, 0.05) is 6.42 Å². The first-order valence-corrected chi connectivity index (χ1v) is 7.55. The summed E-state index contributed by atoms with van der Waals surface area (Å²) < 4.78 is 5.78. The summed E-state index contributed by atoms with van der Waals surface area (Å²) >= 11 is 2.59. The highest BCUT2D eigenvalue weighted by molar-refractivity contribution is 8.00. The molecule has 0 unspecified atom stereocenters. The van der Waals surface area contributed by atoms with Crippen molar-refractivity contribution >= 4 is 29.1 Å². The summed E-state index contributed by atoms with van der Waals surface area (Å²) in [6.45, 7) is 3.74. The second kappa shape index (κ2) is 6.16. The molecule has 2 rings (SSSR count). The van der Waals surface area contributed by atoms with Gasteiger partial charge in [0.25, 0.3) is 0 Å². The minimum atomic E-state index is -0.938. The van der Waals surface area contributed by atoms with Crippen LogP contribution < -0.4 is 0 Å². The Kier molecular flexibility index (Phi) is 4.54. The SMILES string of the molecule is CCCc1nc(CSc2nc(C)c(C(=O)O)s2)no1. The Labute approximate surface area is 118 Å². The molecule has 0 radical (unpaired) electrons. The fraction of sp³-hybridized carbons (Fsp3) is 0.455. The fourth-order valence-corrected chi connectivity index (χ4v) is 3.29. The van der Waals surface area contributed by atoms with Crippen molar-refractivity contribution in [2.45, 2.75) is 36.8 Å². The number of carbonyl (C=O) groups is 1. The summed E-state index contributed by atoms with van der Waals surface area (Å²) in [6.07, 6.45) is 1.74. The lowest BCUT2D eigenvalue weighted by molar-refractivity contribution is 0.0701. The van der Waals surface area contributed by atoms with E-state index in [1.807, 2.05) is 6.92 Å². The van der Waals surface area contributed by atoms with Crippen LogP contribution in [0.2, 0.25) is 0 Å². The highest BCUT2D eigenvalue weighted by atomic mass is 32.2. The Bertz CT molecular complexity index is 580. The molecule has 2 aromatic heterocycles. The van der Waals surface area contributed by atoms with Gasteiger partial charge in [0.05, 0.1) is 11.4 Å². The van der Waals surface area contributed by atoms with Crippen LogP contribution in [0.25, 0.3) is 0 Å². The molecule has 0 saturated carbocycles. The topological polar surface area (TPSA) is 89.1 Å². The van der Waals surface area contributed by atoms with E-state index in [1.54, 1.807) is 6.92 Å². The van der Waals surface area contributed by atoms with E-state index in [2.05, 4.69) is 15.1 Å². The molecule has 0 saturated heterocycles. The lowest BCUT2D eigenvalue weighted by Crippen LogP contribution is -1.94. The van der Waals surface area contributed by atoms with Gasteiger partial charge in [-0.25, -0.2) is 9.78 Å². The summed E-state index contributed by atoms with van der Waals surface area (Å²) in [5.74, 6) is 0.837. The summed E-state index contributed by atoms with van der Waals surface area (Å²) in [5, 5.41) is 12.8. The Balaban J connectivity index is 1.98. The molecule has 2 heterocycles. The van der Waals surface area contributed by atoms with E-state index in [9.17, 15) is 4.79 Å². The van der Waals surface area contributed by atoms with Crippen LogP contribution in [0.3, 0.4) is 0 Å². The summed E-state index contributed by atoms with van der Waals surface area (Å²) in [6, 6.07) is 0. The number of nitrogens with zero attached hydrogens (tertiary/aromatic N) is 3. The van der Waals surface area contributed by atoms with Gasteiger partial charge in [-0.15, -0.1) is 11.3 Å². The van der Waals surface area contributed by atoms with Crippen molar-refractivity contribution in [2.75, 3.05) is 0 Å². The number of aromatic carboxylic acids is 1. The van der Waals surface area contributed by atoms with Crippen LogP contribution in [0.1, 0.15) is 40.4 Å². The molecule has 0 fully saturated rings. The first-order valence-electron chi connectivity index (χ1n) is 5.75. The number of hydrogen-bond acceptors (Lipinski definition) is 7. The monoisotopic (exact) mass is 299 g/mol. The summed E-state index contributed by atoms with van der Waals surface area (Å²) in [4.78, 5) is 19.6. The predicted octanol–water partition coefficient (Wildman–Crippen LogP) is 2.78. The van der Waals surface area contributed by atoms with Gasteiger partial charge in [0.15, 0.2) is 10.2 Å². The molecule has 1 N–H and O–H groups in total. The van der Waals surface area contributed by atoms with Crippen molar-refractivity contribution in [1.82, 2.24) is 15.1 Å². The van der Waals surface area contributed by atoms with E-state index in [0.29, 0.717) is 27.5 Å². The van der Waals surface area contributed by atoms with Gasteiger partial charge in [0.2, 0.25) is 5.89 Å². The van der Waals surface area contributed by atoms with Crippen molar-refractivity contribution in [3.63, 3.8) is 0 Å². The maximum absolute atomic E-state index is 10.9. The zero-order chi connectivity index (χ0) is 13.8. The minimum Gasteiger partial charge on any atom is -0.477 e. The predicted molar refractivity (Wildman–Crippen MR) is 71.7 cm³/mol. The fourth-order valence-electron chi connectivity index (χ4n) is 1.42. The first-order chi connectivity index (χ1) is 9.10. The zero-order valence-corrected chi connectivity index (χ0v) is 12.2. The maximum atomic E-state index is 10.9. The van der Waals surface area contributed by atoms with Gasteiger partial charge >= 0.3 is 5.97 Å². The van der Waals surface area contributed by atoms with Gasteiger partial charge < -0.3 is 9.63 Å². The normalized spacial score (nSPS) is 10.8. The van der Waals surface area contributed by atoms with Gasteiger partial charge in [-0.05, 0) is 13.3 Å². The number of carboxylic acid groups (broad SMARTS) is 1.